The summed E-state index contributed by atoms with van der Waals surface area (Å²) in [7, 11) is 1.10. The summed E-state index contributed by atoms with van der Waals surface area (Å²) in [5, 5.41) is 7.50. The summed E-state index contributed by atoms with van der Waals surface area (Å²) in [6.07, 6.45) is 7.25. The van der Waals surface area contributed by atoms with Crippen molar-refractivity contribution in [3.8, 4) is 0 Å². The molecular formula is C7H12O3. The lowest BCUT2D eigenvalue weighted by atomic mass is 10.4. The largest absolute Gasteiger partial charge is 0.505 e. The molecule has 0 saturated heterocycles. The molecule has 1 N–H and O–H groups in total. The Hall–Kier alpha value is -0.990. The fourth-order valence-corrected chi connectivity index (χ4v) is 0.589. The highest BCUT2D eigenvalue weighted by Gasteiger charge is 1.84. The van der Waals surface area contributed by atoms with E-state index in [9.17, 15) is 0 Å². The molecule has 0 aromatic heterocycles. The molecule has 0 atom stereocenters. The molecule has 10 heavy (non-hydrogen) atoms. The first-order valence-electron chi connectivity index (χ1n) is 3.19. The van der Waals surface area contributed by atoms with Gasteiger partial charge >= 0.3 is 6.16 Å². The number of carbonyl (C=O) groups is 1. The van der Waals surface area contributed by atoms with Gasteiger partial charge in [-0.25, -0.2) is 4.79 Å². The van der Waals surface area contributed by atoms with Gasteiger partial charge in [0, 0.05) is 0 Å². The van der Waals surface area contributed by atoms with Gasteiger partial charge in [-0.15, -0.1) is 0 Å². The molecule has 3 nitrogen and oxygen atoms in total. The first-order valence-corrected chi connectivity index (χ1v) is 3.19. The number of methoxy groups -OCH3 is 1. The first-order chi connectivity index (χ1) is 4.77. The van der Waals surface area contributed by atoms with Gasteiger partial charge in [0.25, 0.3) is 0 Å². The zero-order valence-corrected chi connectivity index (χ0v) is 6.04. The lowest BCUT2D eigenvalue weighted by molar-refractivity contribution is 0.114. The van der Waals surface area contributed by atoms with Crippen LogP contribution in [0.1, 0.15) is 19.3 Å². The van der Waals surface area contributed by atoms with Crippen molar-refractivity contribution in [2.75, 3.05) is 7.11 Å². The number of hydrogen-bond donors (Lipinski definition) is 1. The maximum Gasteiger partial charge on any atom is 0.505 e. The van der Waals surface area contributed by atoms with Gasteiger partial charge in [-0.1, -0.05) is 12.2 Å². The van der Waals surface area contributed by atoms with Gasteiger partial charge in [-0.2, -0.15) is 0 Å². The van der Waals surface area contributed by atoms with Gasteiger partial charge in [0.05, 0.1) is 7.11 Å². The second-order valence-electron chi connectivity index (χ2n) is 1.87. The molecule has 0 amide bonds. The summed E-state index contributed by atoms with van der Waals surface area (Å²) in [6, 6.07) is 0. The first kappa shape index (κ1) is 9.01. The van der Waals surface area contributed by atoms with Crippen molar-refractivity contribution in [2.24, 2.45) is 0 Å². The second-order valence-corrected chi connectivity index (χ2v) is 1.87. The summed E-state index contributed by atoms with van der Waals surface area (Å²) in [4.78, 5) is 9.15. The number of carboxylic acid groups (broad SMARTS) is 1. The molecule has 0 radical (unpaired) electrons. The Labute approximate surface area is 60.3 Å². The van der Waals surface area contributed by atoms with E-state index in [2.05, 4.69) is 16.9 Å². The molecule has 1 rings (SSSR count). The van der Waals surface area contributed by atoms with Gasteiger partial charge in [-0.3, -0.25) is 0 Å². The van der Waals surface area contributed by atoms with Crippen LogP contribution in [0.15, 0.2) is 12.2 Å². The third-order valence-electron chi connectivity index (χ3n) is 1.08. The smallest absolute Gasteiger partial charge is 0.450 e. The van der Waals surface area contributed by atoms with Crippen LogP contribution >= 0.6 is 0 Å². The van der Waals surface area contributed by atoms with Crippen LogP contribution in [0.25, 0.3) is 0 Å². The Morgan fingerprint density at radius 2 is 1.90 bits per heavy atom. The average Bonchev–Trinajstić information content (AvgIpc) is 2.43. The highest BCUT2D eigenvalue weighted by Crippen LogP contribution is 2.05. The minimum Gasteiger partial charge on any atom is -0.450 e. The van der Waals surface area contributed by atoms with E-state index in [-0.39, 0.29) is 0 Å². The van der Waals surface area contributed by atoms with E-state index in [4.69, 9.17) is 9.90 Å². The van der Waals surface area contributed by atoms with Crippen molar-refractivity contribution in [3.05, 3.63) is 12.2 Å². The fourth-order valence-electron chi connectivity index (χ4n) is 0.589. The lowest BCUT2D eigenvalue weighted by Gasteiger charge is -1.79. The Bertz CT molecular complexity index is 112. The van der Waals surface area contributed by atoms with Gasteiger partial charge in [0.2, 0.25) is 0 Å². The van der Waals surface area contributed by atoms with Crippen LogP contribution < -0.4 is 0 Å². The summed E-state index contributed by atoms with van der Waals surface area (Å²) < 4.78 is 3.67. The maximum atomic E-state index is 9.15. The van der Waals surface area contributed by atoms with Crippen LogP contribution in [0.3, 0.4) is 0 Å². The predicted octanol–water partition coefficient (Wildman–Crippen LogP) is 2.04. The van der Waals surface area contributed by atoms with E-state index in [1.165, 1.54) is 19.3 Å². The molecule has 0 heterocycles. The number of hydrogen-bond acceptors (Lipinski definition) is 2. The fraction of sp³-hybridized carbons (Fsp3) is 0.571. The monoisotopic (exact) mass is 144 g/mol. The zero-order valence-electron chi connectivity index (χ0n) is 6.04. The number of ether oxygens (including phenoxy) is 1. The molecule has 0 aromatic rings. The molecule has 0 aromatic carbocycles. The predicted molar refractivity (Wildman–Crippen MR) is 38.0 cm³/mol. The Morgan fingerprint density at radius 1 is 1.50 bits per heavy atom. The highest BCUT2D eigenvalue weighted by molar-refractivity contribution is 5.56. The van der Waals surface area contributed by atoms with E-state index in [1.54, 1.807) is 0 Å². The summed E-state index contributed by atoms with van der Waals surface area (Å²) in [5.74, 6) is 0. The molecule has 0 aliphatic heterocycles. The van der Waals surface area contributed by atoms with Crippen LogP contribution in [0.2, 0.25) is 0 Å². The third-order valence-corrected chi connectivity index (χ3v) is 1.08. The molecule has 0 spiro atoms. The van der Waals surface area contributed by atoms with E-state index in [0.29, 0.717) is 0 Å². The number of rotatable bonds is 0. The quantitative estimate of drug-likeness (QED) is 0.418. The van der Waals surface area contributed by atoms with Crippen molar-refractivity contribution in [2.45, 2.75) is 19.3 Å². The van der Waals surface area contributed by atoms with Crippen LogP contribution in [0.4, 0.5) is 4.79 Å². The van der Waals surface area contributed by atoms with E-state index < -0.39 is 6.16 Å². The lowest BCUT2D eigenvalue weighted by Crippen LogP contribution is -1.91. The normalized spacial score (nSPS) is 13.7. The highest BCUT2D eigenvalue weighted by atomic mass is 16.6. The van der Waals surface area contributed by atoms with Crippen molar-refractivity contribution in [1.82, 2.24) is 0 Å². The topological polar surface area (TPSA) is 46.5 Å². The number of allylic oxidation sites excluding steroid dienone is 2. The van der Waals surface area contributed by atoms with E-state index in [0.717, 1.165) is 7.11 Å². The van der Waals surface area contributed by atoms with Crippen molar-refractivity contribution in [1.29, 1.82) is 0 Å². The van der Waals surface area contributed by atoms with Crippen LogP contribution in [0.5, 0.6) is 0 Å². The average molecular weight is 144 g/mol. The standard InChI is InChI=1S/C5H8.C2H4O3/c1-2-4-5-3-1;1-5-2(3)4/h1-2H,3-5H2;1H3,(H,3,4). The summed E-state index contributed by atoms with van der Waals surface area (Å²) in [6.45, 7) is 0. The molecule has 1 aliphatic rings. The Morgan fingerprint density at radius 3 is 2.00 bits per heavy atom. The molecule has 0 unspecified atom stereocenters. The zero-order chi connectivity index (χ0) is 7.82. The van der Waals surface area contributed by atoms with E-state index >= 15 is 0 Å². The minimum absolute atomic E-state index is 1.10. The molecule has 0 saturated carbocycles. The van der Waals surface area contributed by atoms with Gasteiger partial charge in [-0.05, 0) is 19.3 Å². The van der Waals surface area contributed by atoms with Crippen LogP contribution in [0, 0.1) is 0 Å². The van der Waals surface area contributed by atoms with Crippen molar-refractivity contribution in [3.63, 3.8) is 0 Å². The third kappa shape index (κ3) is 7.01. The molecule has 0 fully saturated rings. The van der Waals surface area contributed by atoms with Crippen molar-refractivity contribution < 1.29 is 14.6 Å². The van der Waals surface area contributed by atoms with E-state index in [1.807, 2.05) is 0 Å². The summed E-state index contributed by atoms with van der Waals surface area (Å²) in [5.41, 5.74) is 0. The molecule has 3 heteroatoms. The van der Waals surface area contributed by atoms with Gasteiger partial charge < -0.3 is 9.84 Å². The molecular weight excluding hydrogens is 132 g/mol. The Kier molecular flexibility index (Phi) is 5.53. The van der Waals surface area contributed by atoms with Crippen LogP contribution in [-0.2, 0) is 4.74 Å². The van der Waals surface area contributed by atoms with Crippen molar-refractivity contribution >= 4 is 6.16 Å². The second kappa shape index (κ2) is 6.13. The molecule has 58 valence electrons. The SMILES string of the molecule is C1=CCCC1.COC(=O)O. The van der Waals surface area contributed by atoms with Crippen LogP contribution in [-0.4, -0.2) is 18.4 Å². The molecule has 1 aliphatic carbocycles. The summed E-state index contributed by atoms with van der Waals surface area (Å²) >= 11 is 0. The van der Waals surface area contributed by atoms with Gasteiger partial charge in [0.15, 0.2) is 0 Å². The van der Waals surface area contributed by atoms with Gasteiger partial charge in [0.1, 0.15) is 0 Å². The molecule has 0 bridgehead atoms. The minimum atomic E-state index is -1.25. The Balaban J connectivity index is 0.000000162. The maximum absolute atomic E-state index is 9.15.